The number of sulfonamides is 1. The molecule has 0 aromatic heterocycles. The summed E-state index contributed by atoms with van der Waals surface area (Å²) < 4.78 is 27.5. The molecule has 0 amide bonds. The molecule has 0 saturated carbocycles. The first kappa shape index (κ1) is 19.1. The second-order valence-electron chi connectivity index (χ2n) is 7.25. The Bertz CT molecular complexity index is 563. The summed E-state index contributed by atoms with van der Waals surface area (Å²) in [5.41, 5.74) is 1.10. The third-order valence-corrected chi connectivity index (χ3v) is 5.36. The van der Waals surface area contributed by atoms with Crippen molar-refractivity contribution in [2.45, 2.75) is 44.9 Å². The average molecular weight is 328 g/mol. The van der Waals surface area contributed by atoms with Gasteiger partial charge in [-0.05, 0) is 30.0 Å². The molecule has 5 heteroatoms. The lowest BCUT2D eigenvalue weighted by Crippen LogP contribution is -3.07. The molecule has 126 valence electrons. The van der Waals surface area contributed by atoms with Gasteiger partial charge >= 0.3 is 0 Å². The van der Waals surface area contributed by atoms with E-state index in [1.807, 2.05) is 12.1 Å². The Balaban J connectivity index is 2.78. The summed E-state index contributed by atoms with van der Waals surface area (Å²) in [5.74, 6) is 0.451. The predicted octanol–water partition coefficient (Wildman–Crippen LogP) is 1.65. The number of hydrogen-bond donors (Lipinski definition) is 2. The molecule has 0 heterocycles. The molecule has 0 unspecified atom stereocenters. The summed E-state index contributed by atoms with van der Waals surface area (Å²) in [6.07, 6.45) is 1.05. The number of hydrogen-bond acceptors (Lipinski definition) is 2. The Morgan fingerprint density at radius 1 is 1.18 bits per heavy atom. The van der Waals surface area contributed by atoms with Crippen LogP contribution < -0.4 is 9.62 Å². The van der Waals surface area contributed by atoms with Crippen molar-refractivity contribution in [3.8, 4) is 0 Å². The van der Waals surface area contributed by atoms with Crippen LogP contribution in [-0.2, 0) is 10.0 Å². The van der Waals surface area contributed by atoms with Crippen LogP contribution in [0.2, 0.25) is 0 Å². The molecule has 1 atom stereocenters. The largest absolute Gasteiger partial charge is 0.339 e. The van der Waals surface area contributed by atoms with E-state index in [4.69, 9.17) is 0 Å². The van der Waals surface area contributed by atoms with Gasteiger partial charge in [-0.3, -0.25) is 0 Å². The highest BCUT2D eigenvalue weighted by atomic mass is 32.2. The second kappa shape index (κ2) is 7.57. The van der Waals surface area contributed by atoms with Gasteiger partial charge in [-0.15, -0.1) is 0 Å². The summed E-state index contributed by atoms with van der Waals surface area (Å²) in [7, 11) is 0.709. The predicted molar refractivity (Wildman–Crippen MR) is 91.8 cm³/mol. The number of quaternary nitrogens is 1. The van der Waals surface area contributed by atoms with Crippen molar-refractivity contribution >= 4 is 10.0 Å². The fraction of sp³-hybridized carbons (Fsp3) is 0.647. The standard InChI is InChI=1S/C17H30N2O2S/c1-7-14(2)15-8-10-16(11-9-15)22(20,21)18-12-17(3,4)13-19(5)6/h8-11,14,18H,7,12-13H2,1-6H3/p+1/t14-/m1/s1. The van der Waals surface area contributed by atoms with E-state index < -0.39 is 10.0 Å². The van der Waals surface area contributed by atoms with Crippen molar-refractivity contribution in [1.82, 2.24) is 4.72 Å². The van der Waals surface area contributed by atoms with Crippen LogP contribution in [0, 0.1) is 5.41 Å². The molecular weight excluding hydrogens is 296 g/mol. The highest BCUT2D eigenvalue weighted by molar-refractivity contribution is 7.89. The molecule has 2 N–H and O–H groups in total. The van der Waals surface area contributed by atoms with E-state index in [2.05, 4.69) is 46.5 Å². The zero-order valence-corrected chi connectivity index (χ0v) is 15.5. The fourth-order valence-corrected chi connectivity index (χ4v) is 3.85. The van der Waals surface area contributed by atoms with Crippen LogP contribution in [0.5, 0.6) is 0 Å². The molecule has 0 aliphatic rings. The Hall–Kier alpha value is -0.910. The highest BCUT2D eigenvalue weighted by Gasteiger charge is 2.25. The number of benzene rings is 1. The van der Waals surface area contributed by atoms with Crippen molar-refractivity contribution in [1.29, 1.82) is 0 Å². The van der Waals surface area contributed by atoms with Crippen LogP contribution in [0.1, 0.15) is 45.6 Å². The molecule has 0 fully saturated rings. The summed E-state index contributed by atoms with van der Waals surface area (Å²) in [4.78, 5) is 1.65. The van der Waals surface area contributed by atoms with Crippen LogP contribution in [-0.4, -0.2) is 35.6 Å². The summed E-state index contributed by atoms with van der Waals surface area (Å²) >= 11 is 0. The molecule has 0 saturated heterocycles. The van der Waals surface area contributed by atoms with Crippen molar-refractivity contribution in [2.24, 2.45) is 5.41 Å². The topological polar surface area (TPSA) is 50.6 Å². The van der Waals surface area contributed by atoms with Gasteiger partial charge in [-0.2, -0.15) is 0 Å². The summed E-state index contributed by atoms with van der Waals surface area (Å²) in [6.45, 7) is 9.78. The fourth-order valence-electron chi connectivity index (χ4n) is 2.60. The maximum atomic E-state index is 12.4. The molecule has 0 radical (unpaired) electrons. The van der Waals surface area contributed by atoms with E-state index in [0.29, 0.717) is 17.4 Å². The minimum absolute atomic E-state index is 0.0808. The minimum atomic E-state index is -3.44. The lowest BCUT2D eigenvalue weighted by atomic mass is 9.93. The molecule has 1 rings (SSSR count). The summed E-state index contributed by atoms with van der Waals surface area (Å²) in [6, 6.07) is 7.23. The third-order valence-electron chi connectivity index (χ3n) is 3.94. The maximum Gasteiger partial charge on any atom is 0.240 e. The SMILES string of the molecule is CC[C@@H](C)c1ccc(S(=O)(=O)NCC(C)(C)C[NH+](C)C)cc1. The first-order chi connectivity index (χ1) is 10.1. The van der Waals surface area contributed by atoms with Gasteiger partial charge in [-0.25, -0.2) is 13.1 Å². The molecule has 4 nitrogen and oxygen atoms in total. The van der Waals surface area contributed by atoms with Crippen molar-refractivity contribution < 1.29 is 13.3 Å². The Morgan fingerprint density at radius 3 is 2.18 bits per heavy atom. The molecule has 22 heavy (non-hydrogen) atoms. The van der Waals surface area contributed by atoms with Crippen LogP contribution in [0.15, 0.2) is 29.2 Å². The number of rotatable bonds is 8. The van der Waals surface area contributed by atoms with Crippen LogP contribution in [0.3, 0.4) is 0 Å². The second-order valence-corrected chi connectivity index (χ2v) is 9.02. The lowest BCUT2D eigenvalue weighted by molar-refractivity contribution is -0.865. The maximum absolute atomic E-state index is 12.4. The van der Waals surface area contributed by atoms with Crippen LogP contribution in [0.25, 0.3) is 0 Å². The first-order valence-electron chi connectivity index (χ1n) is 7.96. The van der Waals surface area contributed by atoms with Crippen molar-refractivity contribution in [3.63, 3.8) is 0 Å². The van der Waals surface area contributed by atoms with Gasteiger partial charge in [0.1, 0.15) is 0 Å². The quantitative estimate of drug-likeness (QED) is 0.763. The van der Waals surface area contributed by atoms with Gasteiger partial charge in [0.15, 0.2) is 0 Å². The molecule has 0 spiro atoms. The molecule has 0 aliphatic carbocycles. The van der Waals surface area contributed by atoms with Crippen LogP contribution in [0.4, 0.5) is 0 Å². The van der Waals surface area contributed by atoms with Crippen LogP contribution >= 0.6 is 0 Å². The van der Waals surface area contributed by atoms with E-state index >= 15 is 0 Å². The third kappa shape index (κ3) is 5.71. The monoisotopic (exact) mass is 327 g/mol. The molecular formula is C17H31N2O2S+. The lowest BCUT2D eigenvalue weighted by Gasteiger charge is -2.26. The Kier molecular flexibility index (Phi) is 6.59. The Labute approximate surface area is 136 Å². The molecule has 1 aromatic carbocycles. The van der Waals surface area contributed by atoms with E-state index in [0.717, 1.165) is 13.0 Å². The zero-order chi connectivity index (χ0) is 17.0. The van der Waals surface area contributed by atoms with Gasteiger partial charge in [0.25, 0.3) is 0 Å². The Morgan fingerprint density at radius 2 is 1.73 bits per heavy atom. The smallest absolute Gasteiger partial charge is 0.240 e. The highest BCUT2D eigenvalue weighted by Crippen LogP contribution is 2.21. The van der Waals surface area contributed by atoms with E-state index in [1.165, 1.54) is 10.5 Å². The average Bonchev–Trinajstić information content (AvgIpc) is 2.43. The first-order valence-corrected chi connectivity index (χ1v) is 9.44. The van der Waals surface area contributed by atoms with E-state index in [-0.39, 0.29) is 5.41 Å². The van der Waals surface area contributed by atoms with Crippen molar-refractivity contribution in [3.05, 3.63) is 29.8 Å². The zero-order valence-electron chi connectivity index (χ0n) is 14.7. The normalized spacial score (nSPS) is 14.3. The van der Waals surface area contributed by atoms with Gasteiger partial charge in [0.05, 0.1) is 25.5 Å². The van der Waals surface area contributed by atoms with E-state index in [1.54, 1.807) is 12.1 Å². The van der Waals surface area contributed by atoms with Gasteiger partial charge in [-0.1, -0.05) is 39.8 Å². The van der Waals surface area contributed by atoms with Crippen molar-refractivity contribution in [2.75, 3.05) is 27.2 Å². The van der Waals surface area contributed by atoms with Gasteiger partial charge in [0.2, 0.25) is 10.0 Å². The minimum Gasteiger partial charge on any atom is -0.339 e. The summed E-state index contributed by atoms with van der Waals surface area (Å²) in [5, 5.41) is 0. The molecule has 1 aromatic rings. The van der Waals surface area contributed by atoms with Gasteiger partial charge < -0.3 is 4.90 Å². The molecule has 0 aliphatic heterocycles. The molecule has 0 bridgehead atoms. The van der Waals surface area contributed by atoms with E-state index in [9.17, 15) is 8.42 Å². The van der Waals surface area contributed by atoms with Gasteiger partial charge in [0, 0.05) is 12.0 Å². The number of nitrogens with one attached hydrogen (secondary N) is 2.